The Morgan fingerprint density at radius 1 is 1.55 bits per heavy atom. The van der Waals surface area contributed by atoms with Gasteiger partial charge in [0.15, 0.2) is 0 Å². The maximum Gasteiger partial charge on any atom is 0.0651 e. The fourth-order valence-electron chi connectivity index (χ4n) is 1.21. The van der Waals surface area contributed by atoms with E-state index in [0.717, 1.165) is 18.5 Å². The number of rotatable bonds is 3. The largest absolute Gasteiger partial charge is 0.330 e. The van der Waals surface area contributed by atoms with Gasteiger partial charge < -0.3 is 5.73 Å². The lowest BCUT2D eigenvalue weighted by atomic mass is 10.1. The number of hydrogen-bond acceptors (Lipinski definition) is 2. The summed E-state index contributed by atoms with van der Waals surface area (Å²) in [6.07, 6.45) is 1.89. The fraction of sp³-hybridized carbons (Fsp3) is 0.625. The number of nitrogens with zero attached hydrogens (tertiary/aromatic N) is 1. The summed E-state index contributed by atoms with van der Waals surface area (Å²) in [5, 5.41) is 7.17. The predicted octanol–water partition coefficient (Wildman–Crippen LogP) is 0.782. The first-order chi connectivity index (χ1) is 5.29. The van der Waals surface area contributed by atoms with E-state index in [9.17, 15) is 0 Å². The molecule has 0 unspecified atom stereocenters. The zero-order valence-corrected chi connectivity index (χ0v) is 7.15. The lowest BCUT2D eigenvalue weighted by Gasteiger charge is -1.94. The Morgan fingerprint density at radius 3 is 2.73 bits per heavy atom. The summed E-state index contributed by atoms with van der Waals surface area (Å²) >= 11 is 0. The number of aryl methyl sites for hydroxylation is 1. The second-order valence-electron chi connectivity index (χ2n) is 2.67. The average molecular weight is 153 g/mol. The van der Waals surface area contributed by atoms with Gasteiger partial charge in [-0.25, -0.2) is 0 Å². The smallest absolute Gasteiger partial charge is 0.0651 e. The summed E-state index contributed by atoms with van der Waals surface area (Å²) < 4.78 is 0. The fourth-order valence-corrected chi connectivity index (χ4v) is 1.21. The van der Waals surface area contributed by atoms with Gasteiger partial charge in [-0.1, -0.05) is 6.92 Å². The van der Waals surface area contributed by atoms with Crippen LogP contribution in [-0.4, -0.2) is 16.7 Å². The molecule has 0 aliphatic rings. The molecule has 3 heteroatoms. The molecule has 3 nitrogen and oxygen atoms in total. The first kappa shape index (κ1) is 8.27. The molecule has 0 aliphatic heterocycles. The van der Waals surface area contributed by atoms with Gasteiger partial charge in [0.1, 0.15) is 0 Å². The van der Waals surface area contributed by atoms with Gasteiger partial charge in [-0.3, -0.25) is 5.10 Å². The number of aromatic nitrogens is 2. The summed E-state index contributed by atoms with van der Waals surface area (Å²) in [6.45, 7) is 4.88. The molecule has 0 bridgehead atoms. The molecular weight excluding hydrogens is 138 g/mol. The first-order valence-corrected chi connectivity index (χ1v) is 4.02. The molecule has 0 radical (unpaired) electrons. The van der Waals surface area contributed by atoms with E-state index in [0.29, 0.717) is 6.54 Å². The number of hydrogen-bond donors (Lipinski definition) is 2. The number of aromatic amines is 1. The quantitative estimate of drug-likeness (QED) is 0.674. The maximum atomic E-state index is 5.43. The summed E-state index contributed by atoms with van der Waals surface area (Å²) in [5.74, 6) is 0. The van der Waals surface area contributed by atoms with Crippen LogP contribution in [-0.2, 0) is 12.8 Å². The molecule has 1 heterocycles. The normalized spacial score (nSPS) is 10.5. The van der Waals surface area contributed by atoms with Gasteiger partial charge in [0.2, 0.25) is 0 Å². The third kappa shape index (κ3) is 1.60. The van der Waals surface area contributed by atoms with Gasteiger partial charge in [0.05, 0.1) is 5.69 Å². The Balaban J connectivity index is 2.82. The van der Waals surface area contributed by atoms with Crippen LogP contribution in [0.3, 0.4) is 0 Å². The van der Waals surface area contributed by atoms with Crippen LogP contribution < -0.4 is 5.73 Å². The topological polar surface area (TPSA) is 54.7 Å². The molecule has 0 saturated carbocycles. The molecule has 0 spiro atoms. The van der Waals surface area contributed by atoms with E-state index in [4.69, 9.17) is 5.73 Å². The molecule has 1 aromatic heterocycles. The Bertz CT molecular complexity index is 227. The van der Waals surface area contributed by atoms with E-state index in [-0.39, 0.29) is 0 Å². The predicted molar refractivity (Wildman–Crippen MR) is 45.5 cm³/mol. The third-order valence-corrected chi connectivity index (χ3v) is 1.94. The highest BCUT2D eigenvalue weighted by Gasteiger charge is 2.04. The molecule has 1 rings (SSSR count). The minimum atomic E-state index is 0.687. The Hall–Kier alpha value is -0.830. The van der Waals surface area contributed by atoms with Crippen LogP contribution in [0, 0.1) is 6.92 Å². The van der Waals surface area contributed by atoms with Crippen molar-refractivity contribution < 1.29 is 0 Å². The molecule has 0 aliphatic carbocycles. The standard InChI is InChI=1S/C8H15N3/c1-3-7-6(2)8(4-5-9)11-10-7/h3-5,9H2,1-2H3,(H,10,11). The molecule has 3 N–H and O–H groups in total. The molecule has 62 valence electrons. The van der Waals surface area contributed by atoms with E-state index >= 15 is 0 Å². The second-order valence-corrected chi connectivity index (χ2v) is 2.67. The van der Waals surface area contributed by atoms with Crippen molar-refractivity contribution in [1.29, 1.82) is 0 Å². The summed E-state index contributed by atoms with van der Waals surface area (Å²) in [5.41, 5.74) is 9.05. The van der Waals surface area contributed by atoms with Crippen LogP contribution >= 0.6 is 0 Å². The van der Waals surface area contributed by atoms with E-state index in [1.807, 2.05) is 0 Å². The van der Waals surface area contributed by atoms with Crippen molar-refractivity contribution in [1.82, 2.24) is 10.2 Å². The van der Waals surface area contributed by atoms with Crippen molar-refractivity contribution in [3.8, 4) is 0 Å². The first-order valence-electron chi connectivity index (χ1n) is 4.02. The molecule has 1 aromatic rings. The van der Waals surface area contributed by atoms with Crippen LogP contribution in [0.4, 0.5) is 0 Å². The highest BCUT2D eigenvalue weighted by atomic mass is 15.1. The van der Waals surface area contributed by atoms with E-state index in [1.54, 1.807) is 0 Å². The Labute approximate surface area is 67.0 Å². The molecule has 11 heavy (non-hydrogen) atoms. The van der Waals surface area contributed by atoms with Crippen molar-refractivity contribution in [2.24, 2.45) is 5.73 Å². The lowest BCUT2D eigenvalue weighted by molar-refractivity contribution is 0.889. The summed E-state index contributed by atoms with van der Waals surface area (Å²) in [7, 11) is 0. The number of H-pyrrole nitrogens is 1. The minimum Gasteiger partial charge on any atom is -0.330 e. The number of nitrogens with one attached hydrogen (secondary N) is 1. The van der Waals surface area contributed by atoms with Gasteiger partial charge in [-0.15, -0.1) is 0 Å². The van der Waals surface area contributed by atoms with Gasteiger partial charge in [0, 0.05) is 12.1 Å². The highest BCUT2D eigenvalue weighted by molar-refractivity contribution is 5.23. The Kier molecular flexibility index (Phi) is 2.65. The lowest BCUT2D eigenvalue weighted by Crippen LogP contribution is -2.04. The Morgan fingerprint density at radius 2 is 2.27 bits per heavy atom. The van der Waals surface area contributed by atoms with E-state index < -0.39 is 0 Å². The van der Waals surface area contributed by atoms with Crippen molar-refractivity contribution in [2.75, 3.05) is 6.54 Å². The maximum absolute atomic E-state index is 5.43. The summed E-state index contributed by atoms with van der Waals surface area (Å²) in [4.78, 5) is 0. The SMILES string of the molecule is CCc1n[nH]c(CCN)c1C. The van der Waals surface area contributed by atoms with Crippen LogP contribution in [0.15, 0.2) is 0 Å². The van der Waals surface area contributed by atoms with Gasteiger partial charge >= 0.3 is 0 Å². The van der Waals surface area contributed by atoms with Crippen LogP contribution in [0.2, 0.25) is 0 Å². The zero-order chi connectivity index (χ0) is 8.27. The van der Waals surface area contributed by atoms with E-state index in [1.165, 1.54) is 11.3 Å². The summed E-state index contributed by atoms with van der Waals surface area (Å²) in [6, 6.07) is 0. The van der Waals surface area contributed by atoms with Crippen LogP contribution in [0.5, 0.6) is 0 Å². The van der Waals surface area contributed by atoms with Crippen LogP contribution in [0.1, 0.15) is 23.9 Å². The monoisotopic (exact) mass is 153 g/mol. The molecule has 0 atom stereocenters. The molecular formula is C8H15N3. The highest BCUT2D eigenvalue weighted by Crippen LogP contribution is 2.09. The van der Waals surface area contributed by atoms with E-state index in [2.05, 4.69) is 24.0 Å². The third-order valence-electron chi connectivity index (χ3n) is 1.94. The van der Waals surface area contributed by atoms with Gasteiger partial charge in [-0.2, -0.15) is 5.10 Å². The number of nitrogens with two attached hydrogens (primary N) is 1. The van der Waals surface area contributed by atoms with Gasteiger partial charge in [0.25, 0.3) is 0 Å². The van der Waals surface area contributed by atoms with Crippen molar-refractivity contribution >= 4 is 0 Å². The molecule has 0 aromatic carbocycles. The van der Waals surface area contributed by atoms with Gasteiger partial charge in [-0.05, 0) is 25.5 Å². The minimum absolute atomic E-state index is 0.687. The van der Waals surface area contributed by atoms with Crippen molar-refractivity contribution in [2.45, 2.75) is 26.7 Å². The molecule has 0 saturated heterocycles. The molecule has 0 amide bonds. The zero-order valence-electron chi connectivity index (χ0n) is 7.15. The molecule has 0 fully saturated rings. The average Bonchev–Trinajstić information content (AvgIpc) is 2.34. The second kappa shape index (κ2) is 3.53. The van der Waals surface area contributed by atoms with Crippen molar-refractivity contribution in [3.05, 3.63) is 17.0 Å². The van der Waals surface area contributed by atoms with Crippen LogP contribution in [0.25, 0.3) is 0 Å². The van der Waals surface area contributed by atoms with Crippen molar-refractivity contribution in [3.63, 3.8) is 0 Å².